The maximum absolute atomic E-state index is 14.5. The molecule has 1 aromatic rings. The number of fused-ring (bicyclic) bond motifs is 8. The molecule has 218 valence electrons. The van der Waals surface area contributed by atoms with Gasteiger partial charge in [0.2, 0.25) is 0 Å². The molecule has 0 spiro atoms. The number of carbonyl (C=O) groups excluding carboxylic acids is 2. The van der Waals surface area contributed by atoms with Crippen molar-refractivity contribution in [1.29, 1.82) is 0 Å². The van der Waals surface area contributed by atoms with Crippen molar-refractivity contribution in [2.24, 2.45) is 44.8 Å². The summed E-state index contributed by atoms with van der Waals surface area (Å²) in [7, 11) is 0. The predicted octanol–water partition coefficient (Wildman–Crippen LogP) is 6.30. The molecule has 5 aliphatic rings. The predicted molar refractivity (Wildman–Crippen MR) is 148 cm³/mol. The molecule has 0 radical (unpaired) electrons. The number of hydrogen-bond donors (Lipinski definition) is 1. The zero-order valence-electron chi connectivity index (χ0n) is 25.2. The van der Waals surface area contributed by atoms with E-state index in [0.29, 0.717) is 12.8 Å². The molecule has 1 aromatic heterocycles. The largest absolute Gasteiger partial charge is 0.481 e. The van der Waals surface area contributed by atoms with Crippen LogP contribution in [0.5, 0.6) is 0 Å². The van der Waals surface area contributed by atoms with Crippen LogP contribution in [0.1, 0.15) is 105 Å². The molecule has 0 amide bonds. The molecule has 0 unspecified atom stereocenters. The van der Waals surface area contributed by atoms with Crippen molar-refractivity contribution in [2.45, 2.75) is 105 Å². The van der Waals surface area contributed by atoms with Crippen LogP contribution in [0.15, 0.2) is 22.4 Å². The quantitative estimate of drug-likeness (QED) is 0.440. The number of carboxylic acid groups (broad SMARTS) is 1. The van der Waals surface area contributed by atoms with Gasteiger partial charge in [0.15, 0.2) is 5.78 Å². The summed E-state index contributed by atoms with van der Waals surface area (Å²) in [5.74, 6) is -0.493. The second-order valence-corrected chi connectivity index (χ2v) is 15.7. The minimum Gasteiger partial charge on any atom is -0.481 e. The van der Waals surface area contributed by atoms with Crippen molar-refractivity contribution < 1.29 is 28.8 Å². The van der Waals surface area contributed by atoms with Gasteiger partial charge in [-0.2, -0.15) is 0 Å². The van der Waals surface area contributed by atoms with Crippen molar-refractivity contribution in [3.8, 4) is 0 Å². The zero-order valence-corrected chi connectivity index (χ0v) is 25.2. The molecular weight excluding hydrogens is 506 g/mol. The highest BCUT2D eigenvalue weighted by Crippen LogP contribution is 2.74. The Labute approximate surface area is 237 Å². The number of hydrogen-bond acceptors (Lipinski definition) is 6. The Kier molecular flexibility index (Phi) is 5.76. The molecular formula is C33H45NO6. The highest BCUT2D eigenvalue weighted by atomic mass is 16.5. The summed E-state index contributed by atoms with van der Waals surface area (Å²) < 4.78 is 11.5. The van der Waals surface area contributed by atoms with Crippen LogP contribution in [0.25, 0.3) is 0 Å². The van der Waals surface area contributed by atoms with Gasteiger partial charge in [0.05, 0.1) is 17.0 Å². The van der Waals surface area contributed by atoms with Gasteiger partial charge >= 0.3 is 11.9 Å². The molecule has 7 nitrogen and oxygen atoms in total. The average Bonchev–Trinajstić information content (AvgIpc) is 3.32. The lowest BCUT2D eigenvalue weighted by Crippen LogP contribution is -2.66. The smallest absolute Gasteiger partial charge is 0.309 e. The third kappa shape index (κ3) is 3.35. The number of ether oxygens (including phenoxy) is 1. The fourth-order valence-electron chi connectivity index (χ4n) is 10.9. The molecule has 7 heteroatoms. The summed E-state index contributed by atoms with van der Waals surface area (Å²) in [6.07, 6.45) is 9.93. The molecule has 1 N–H and O–H groups in total. The molecule has 0 bridgehead atoms. The van der Waals surface area contributed by atoms with E-state index in [1.807, 2.05) is 6.08 Å². The van der Waals surface area contributed by atoms with E-state index in [9.17, 15) is 19.5 Å². The van der Waals surface area contributed by atoms with Gasteiger partial charge in [-0.1, -0.05) is 45.3 Å². The summed E-state index contributed by atoms with van der Waals surface area (Å²) in [5.41, 5.74) is -0.0878. The number of aliphatic carboxylic acids is 1. The standard InChI is InChI=1S/C33H45NO6/c1-19(35)39-18-30(5)23-8-9-31(6)24(29(23,4)15-20-17-34-40-26(20)30)14-22(36)25-21-16-28(2,3)10-12-33(21,27(37)38)13-11-32(25,31)7/h14,17,21,23,25H,8-13,15-16,18H2,1-7H3,(H,37,38)/t21-,23+,25-,29-,30-,31+,32+,33-/m0/s1. The van der Waals surface area contributed by atoms with Crippen molar-refractivity contribution in [3.63, 3.8) is 0 Å². The molecule has 1 heterocycles. The first kappa shape index (κ1) is 27.7. The molecule has 3 fully saturated rings. The number of aromatic nitrogens is 1. The fourth-order valence-corrected chi connectivity index (χ4v) is 10.9. The van der Waals surface area contributed by atoms with Crippen molar-refractivity contribution in [3.05, 3.63) is 29.2 Å². The van der Waals surface area contributed by atoms with Crippen molar-refractivity contribution >= 4 is 17.7 Å². The summed E-state index contributed by atoms with van der Waals surface area (Å²) in [5, 5.41) is 14.7. The van der Waals surface area contributed by atoms with Crippen molar-refractivity contribution in [2.75, 3.05) is 6.61 Å². The first-order valence-corrected chi connectivity index (χ1v) is 15.1. The molecule has 40 heavy (non-hydrogen) atoms. The zero-order chi connectivity index (χ0) is 29.1. The number of nitrogens with zero attached hydrogens (tertiary/aromatic N) is 1. The van der Waals surface area contributed by atoms with Gasteiger partial charge in [-0.3, -0.25) is 14.4 Å². The van der Waals surface area contributed by atoms with E-state index >= 15 is 0 Å². The molecule has 6 rings (SSSR count). The SMILES string of the molecule is CC(=O)OC[C@]1(C)c2oncc2C[C@]2(C)C3=CC(=O)[C@@H]4[C@@H]5CC(C)(C)CC[C@]5(C(=O)O)CC[C@@]4(C)[C@]3(C)CC[C@H]21. The number of esters is 1. The lowest BCUT2D eigenvalue weighted by atomic mass is 9.34. The minimum absolute atomic E-state index is 0.0171. The van der Waals surface area contributed by atoms with Crippen molar-refractivity contribution in [1.82, 2.24) is 5.16 Å². The molecule has 0 aliphatic heterocycles. The highest BCUT2D eigenvalue weighted by molar-refractivity contribution is 5.96. The van der Waals surface area contributed by atoms with Gasteiger partial charge in [-0.15, -0.1) is 0 Å². The van der Waals surface area contributed by atoms with Gasteiger partial charge in [-0.25, -0.2) is 0 Å². The second-order valence-electron chi connectivity index (χ2n) is 15.7. The second kappa shape index (κ2) is 8.32. The van der Waals surface area contributed by atoms with Gasteiger partial charge < -0.3 is 14.4 Å². The van der Waals surface area contributed by atoms with E-state index in [-0.39, 0.29) is 57.8 Å². The number of carboxylic acids is 1. The Morgan fingerprint density at radius 2 is 1.77 bits per heavy atom. The Bertz CT molecular complexity index is 1330. The lowest BCUT2D eigenvalue weighted by molar-refractivity contribution is -0.189. The number of rotatable bonds is 3. The number of ketones is 1. The summed E-state index contributed by atoms with van der Waals surface area (Å²) in [6.45, 7) is 15.2. The van der Waals surface area contributed by atoms with Crippen LogP contribution >= 0.6 is 0 Å². The minimum atomic E-state index is -0.817. The van der Waals surface area contributed by atoms with Crippen LogP contribution in [0.2, 0.25) is 0 Å². The van der Waals surface area contributed by atoms with E-state index in [1.165, 1.54) is 12.5 Å². The van der Waals surface area contributed by atoms with E-state index in [2.05, 4.69) is 46.7 Å². The normalized spacial score (nSPS) is 45.1. The number of allylic oxidation sites excluding steroid dienone is 2. The number of carbonyl (C=O) groups is 3. The molecule has 0 saturated heterocycles. The molecule has 3 saturated carbocycles. The van der Waals surface area contributed by atoms with Crippen LogP contribution in [-0.2, 0) is 31.0 Å². The summed E-state index contributed by atoms with van der Waals surface area (Å²) in [4.78, 5) is 39.3. The molecule has 8 atom stereocenters. The van der Waals surface area contributed by atoms with E-state index in [0.717, 1.165) is 49.8 Å². The van der Waals surface area contributed by atoms with Crippen LogP contribution in [-0.4, -0.2) is 34.6 Å². The lowest BCUT2D eigenvalue weighted by Gasteiger charge is -2.69. The molecule has 0 aromatic carbocycles. The van der Waals surface area contributed by atoms with Gasteiger partial charge in [-0.05, 0) is 97.9 Å². The Morgan fingerprint density at radius 1 is 1.07 bits per heavy atom. The third-order valence-electron chi connectivity index (χ3n) is 13.2. The monoisotopic (exact) mass is 551 g/mol. The highest BCUT2D eigenvalue weighted by Gasteiger charge is 2.71. The fraction of sp³-hybridized carbons (Fsp3) is 0.758. The summed E-state index contributed by atoms with van der Waals surface area (Å²) in [6, 6.07) is 0. The first-order valence-electron chi connectivity index (χ1n) is 15.1. The van der Waals surface area contributed by atoms with Crippen LogP contribution in [0, 0.1) is 44.8 Å². The molecule has 5 aliphatic carbocycles. The maximum Gasteiger partial charge on any atom is 0.309 e. The van der Waals surface area contributed by atoms with Crippen LogP contribution < -0.4 is 0 Å². The maximum atomic E-state index is 14.5. The first-order chi connectivity index (χ1) is 18.5. The van der Waals surface area contributed by atoms with E-state index < -0.39 is 16.8 Å². The Hall–Kier alpha value is -2.44. The Morgan fingerprint density at radius 3 is 2.45 bits per heavy atom. The average molecular weight is 552 g/mol. The van der Waals surface area contributed by atoms with Gasteiger partial charge in [0, 0.05) is 18.4 Å². The van der Waals surface area contributed by atoms with E-state index in [4.69, 9.17) is 9.26 Å². The van der Waals surface area contributed by atoms with Crippen LogP contribution in [0.4, 0.5) is 0 Å². The summed E-state index contributed by atoms with van der Waals surface area (Å²) >= 11 is 0. The van der Waals surface area contributed by atoms with E-state index in [1.54, 1.807) is 6.20 Å². The van der Waals surface area contributed by atoms with Crippen LogP contribution in [0.3, 0.4) is 0 Å². The topological polar surface area (TPSA) is 107 Å². The van der Waals surface area contributed by atoms with Gasteiger partial charge in [0.25, 0.3) is 0 Å². The van der Waals surface area contributed by atoms with Gasteiger partial charge in [0.1, 0.15) is 12.4 Å². The third-order valence-corrected chi connectivity index (χ3v) is 13.2. The Balaban J connectivity index is 1.49.